The van der Waals surface area contributed by atoms with Gasteiger partial charge in [-0.2, -0.15) is 18.3 Å². The molecule has 1 atom stereocenters. The summed E-state index contributed by atoms with van der Waals surface area (Å²) in [6, 6.07) is -0.121. The van der Waals surface area contributed by atoms with E-state index in [2.05, 4.69) is 15.1 Å². The summed E-state index contributed by atoms with van der Waals surface area (Å²) in [6.45, 7) is 3.08. The fourth-order valence-corrected chi connectivity index (χ4v) is 2.69. The highest BCUT2D eigenvalue weighted by atomic mass is 35.5. The van der Waals surface area contributed by atoms with Crippen LogP contribution in [0.5, 0.6) is 0 Å². The minimum absolute atomic E-state index is 0.121. The van der Waals surface area contributed by atoms with E-state index in [1.165, 1.54) is 0 Å². The van der Waals surface area contributed by atoms with Crippen LogP contribution in [0, 0.1) is 0 Å². The summed E-state index contributed by atoms with van der Waals surface area (Å²) >= 11 is 6.02. The van der Waals surface area contributed by atoms with Crippen LogP contribution in [0.4, 0.5) is 19.0 Å². The van der Waals surface area contributed by atoms with Crippen LogP contribution in [0.25, 0.3) is 11.4 Å². The van der Waals surface area contributed by atoms with Gasteiger partial charge in [0, 0.05) is 6.54 Å². The Labute approximate surface area is 138 Å². The molecule has 0 spiro atoms. The van der Waals surface area contributed by atoms with Crippen LogP contribution >= 0.6 is 11.6 Å². The molecule has 0 bridgehead atoms. The zero-order valence-electron chi connectivity index (χ0n) is 12.4. The first kappa shape index (κ1) is 16.8. The van der Waals surface area contributed by atoms with Gasteiger partial charge in [-0.1, -0.05) is 11.6 Å². The summed E-state index contributed by atoms with van der Waals surface area (Å²) in [5.41, 5.74) is -2.16. The number of nitrogens with zero attached hydrogens (tertiary/aromatic N) is 3. The van der Waals surface area contributed by atoms with Gasteiger partial charge in [-0.05, 0) is 6.92 Å². The molecule has 0 amide bonds. The van der Waals surface area contributed by atoms with Crippen molar-refractivity contribution in [2.45, 2.75) is 19.1 Å². The minimum Gasteiger partial charge on any atom is -0.377 e. The largest absolute Gasteiger partial charge is 0.433 e. The number of aromatic nitrogens is 4. The highest BCUT2D eigenvalue weighted by Gasteiger charge is 2.37. The van der Waals surface area contributed by atoms with E-state index < -0.39 is 17.4 Å². The van der Waals surface area contributed by atoms with Crippen molar-refractivity contribution in [2.24, 2.45) is 0 Å². The van der Waals surface area contributed by atoms with Gasteiger partial charge in [-0.3, -0.25) is 9.89 Å². The standard InChI is InChI=1S/C13H13ClF3N5O2/c1-6-5-24-3-2-22(6)11-8(14)12(23)20-10(19-11)7-4-18-21-9(7)13(15,16)17/h4,6H,2-3,5H2,1H3,(H,18,21)(H,19,20,23). The molecule has 7 nitrogen and oxygen atoms in total. The number of morpholine rings is 1. The van der Waals surface area contributed by atoms with Crippen molar-refractivity contribution in [1.82, 2.24) is 20.2 Å². The van der Waals surface area contributed by atoms with Gasteiger partial charge in [0.2, 0.25) is 0 Å². The molecule has 3 rings (SSSR count). The maximum Gasteiger partial charge on any atom is 0.433 e. The average Bonchev–Trinajstić information content (AvgIpc) is 3.00. The van der Waals surface area contributed by atoms with Gasteiger partial charge in [0.05, 0.1) is 31.0 Å². The first-order valence-corrected chi connectivity index (χ1v) is 7.42. The fraction of sp³-hybridized carbons (Fsp3) is 0.462. The van der Waals surface area contributed by atoms with Gasteiger partial charge < -0.3 is 14.6 Å². The lowest BCUT2D eigenvalue weighted by atomic mass is 10.2. The lowest BCUT2D eigenvalue weighted by Crippen LogP contribution is -2.44. The van der Waals surface area contributed by atoms with Crippen LogP contribution < -0.4 is 10.5 Å². The van der Waals surface area contributed by atoms with Crippen molar-refractivity contribution in [3.05, 3.63) is 27.3 Å². The van der Waals surface area contributed by atoms with E-state index in [1.807, 2.05) is 12.0 Å². The smallest absolute Gasteiger partial charge is 0.377 e. The third kappa shape index (κ3) is 2.98. The molecule has 130 valence electrons. The van der Waals surface area contributed by atoms with E-state index in [4.69, 9.17) is 16.3 Å². The SMILES string of the molecule is CC1COCCN1c1nc(-c2cn[nH]c2C(F)(F)F)[nH]c(=O)c1Cl. The second-order valence-corrected chi connectivity index (χ2v) is 5.70. The number of ether oxygens (including phenoxy) is 1. The molecular formula is C13H13ClF3N5O2. The van der Waals surface area contributed by atoms with Crippen molar-refractivity contribution >= 4 is 17.4 Å². The molecule has 3 heterocycles. The quantitative estimate of drug-likeness (QED) is 0.853. The highest BCUT2D eigenvalue weighted by molar-refractivity contribution is 6.32. The van der Waals surface area contributed by atoms with Crippen molar-refractivity contribution < 1.29 is 17.9 Å². The molecule has 0 aromatic carbocycles. The lowest BCUT2D eigenvalue weighted by Gasteiger charge is -2.34. The Morgan fingerprint density at radius 2 is 2.21 bits per heavy atom. The summed E-state index contributed by atoms with van der Waals surface area (Å²) in [5.74, 6) is -0.125. The number of rotatable bonds is 2. The Morgan fingerprint density at radius 3 is 2.88 bits per heavy atom. The third-order valence-electron chi connectivity index (χ3n) is 3.66. The second kappa shape index (κ2) is 6.10. The zero-order valence-corrected chi connectivity index (χ0v) is 13.2. The Bertz CT molecular complexity index is 804. The number of halogens is 4. The Kier molecular flexibility index (Phi) is 4.26. The van der Waals surface area contributed by atoms with E-state index in [0.717, 1.165) is 6.20 Å². The lowest BCUT2D eigenvalue weighted by molar-refractivity contribution is -0.140. The normalized spacial score (nSPS) is 18.9. The maximum absolute atomic E-state index is 13.0. The van der Waals surface area contributed by atoms with Gasteiger partial charge in [0.15, 0.2) is 11.5 Å². The molecular weight excluding hydrogens is 351 g/mol. The summed E-state index contributed by atoms with van der Waals surface area (Å²) in [7, 11) is 0. The summed E-state index contributed by atoms with van der Waals surface area (Å²) < 4.78 is 44.4. The molecule has 2 aromatic heterocycles. The average molecular weight is 364 g/mol. The van der Waals surface area contributed by atoms with Crippen LogP contribution in [0.3, 0.4) is 0 Å². The van der Waals surface area contributed by atoms with Gasteiger partial charge in [0.1, 0.15) is 10.8 Å². The Hall–Kier alpha value is -2.07. The molecule has 24 heavy (non-hydrogen) atoms. The van der Waals surface area contributed by atoms with Crippen LogP contribution in [0.15, 0.2) is 11.0 Å². The Balaban J connectivity index is 2.12. The van der Waals surface area contributed by atoms with Gasteiger partial charge in [-0.15, -0.1) is 0 Å². The number of anilines is 1. The minimum atomic E-state index is -4.66. The number of nitrogens with one attached hydrogen (secondary N) is 2. The zero-order chi connectivity index (χ0) is 17.5. The number of hydrogen-bond donors (Lipinski definition) is 2. The summed E-state index contributed by atoms with van der Waals surface area (Å²) in [4.78, 5) is 20.2. The predicted molar refractivity (Wildman–Crippen MR) is 80.1 cm³/mol. The number of H-pyrrole nitrogens is 2. The molecule has 1 aliphatic rings. The molecule has 1 saturated heterocycles. The van der Waals surface area contributed by atoms with Crippen LogP contribution in [0.1, 0.15) is 12.6 Å². The molecule has 1 unspecified atom stereocenters. The third-order valence-corrected chi connectivity index (χ3v) is 4.00. The summed E-state index contributed by atoms with van der Waals surface area (Å²) in [6.07, 6.45) is -3.70. The molecule has 0 saturated carbocycles. The van der Waals surface area contributed by atoms with Crippen molar-refractivity contribution in [3.8, 4) is 11.4 Å². The van der Waals surface area contributed by atoms with Crippen LogP contribution in [0.2, 0.25) is 5.02 Å². The van der Waals surface area contributed by atoms with E-state index in [-0.39, 0.29) is 28.3 Å². The van der Waals surface area contributed by atoms with E-state index in [9.17, 15) is 18.0 Å². The molecule has 11 heteroatoms. The first-order valence-electron chi connectivity index (χ1n) is 7.04. The predicted octanol–water partition coefficient (Wildman–Crippen LogP) is 2.06. The molecule has 0 radical (unpaired) electrons. The topological polar surface area (TPSA) is 86.9 Å². The van der Waals surface area contributed by atoms with E-state index in [1.54, 1.807) is 4.90 Å². The van der Waals surface area contributed by atoms with E-state index in [0.29, 0.717) is 19.8 Å². The molecule has 2 aromatic rings. The van der Waals surface area contributed by atoms with Gasteiger partial charge in [0.25, 0.3) is 5.56 Å². The monoisotopic (exact) mass is 363 g/mol. The number of hydrogen-bond acceptors (Lipinski definition) is 5. The highest BCUT2D eigenvalue weighted by Crippen LogP contribution is 2.35. The molecule has 1 aliphatic heterocycles. The first-order chi connectivity index (χ1) is 11.3. The molecule has 2 N–H and O–H groups in total. The number of alkyl halides is 3. The van der Waals surface area contributed by atoms with Crippen molar-refractivity contribution in [3.63, 3.8) is 0 Å². The van der Waals surface area contributed by atoms with Gasteiger partial charge >= 0.3 is 6.18 Å². The summed E-state index contributed by atoms with van der Waals surface area (Å²) in [5, 5.41) is 5.11. The molecule has 0 aliphatic carbocycles. The van der Waals surface area contributed by atoms with E-state index >= 15 is 0 Å². The Morgan fingerprint density at radius 1 is 1.46 bits per heavy atom. The van der Waals surface area contributed by atoms with Crippen molar-refractivity contribution in [1.29, 1.82) is 0 Å². The fourth-order valence-electron chi connectivity index (χ4n) is 2.49. The van der Waals surface area contributed by atoms with Crippen LogP contribution in [-0.2, 0) is 10.9 Å². The molecule has 1 fully saturated rings. The van der Waals surface area contributed by atoms with Crippen molar-refractivity contribution in [2.75, 3.05) is 24.7 Å². The maximum atomic E-state index is 13.0. The van der Waals surface area contributed by atoms with Crippen LogP contribution in [-0.4, -0.2) is 46.0 Å². The number of aromatic amines is 2. The second-order valence-electron chi connectivity index (χ2n) is 5.33. The van der Waals surface area contributed by atoms with Gasteiger partial charge in [-0.25, -0.2) is 4.98 Å².